The van der Waals surface area contributed by atoms with E-state index < -0.39 is 0 Å². The molecule has 12 rings (SSSR count). The maximum atomic E-state index is 5.75. The van der Waals surface area contributed by atoms with E-state index in [2.05, 4.69) is 207 Å². The topological polar surface area (TPSA) is 17.8 Å². The van der Waals surface area contributed by atoms with E-state index in [-0.39, 0.29) is 0 Å². The summed E-state index contributed by atoms with van der Waals surface area (Å²) in [6.07, 6.45) is 6.95. The van der Waals surface area contributed by atoms with Gasteiger partial charge in [-0.05, 0) is 143 Å². The minimum atomic E-state index is 0.362. The van der Waals surface area contributed by atoms with Crippen LogP contribution in [-0.2, 0) is 0 Å². The molecular formula is C59H44N2. The summed E-state index contributed by atoms with van der Waals surface area (Å²) in [5.74, 6) is 1.30. The molecule has 0 aliphatic heterocycles. The molecule has 1 aliphatic rings. The van der Waals surface area contributed by atoms with Crippen molar-refractivity contribution in [2.45, 2.75) is 39.5 Å². The van der Waals surface area contributed by atoms with E-state index >= 15 is 0 Å². The van der Waals surface area contributed by atoms with Crippen molar-refractivity contribution in [3.8, 4) is 39.3 Å². The fraction of sp³-hybridized carbons (Fsp3) is 0.102. The lowest BCUT2D eigenvalue weighted by Crippen LogP contribution is -2.26. The molecule has 1 aromatic heterocycles. The zero-order chi connectivity index (χ0) is 40.8. The highest BCUT2D eigenvalue weighted by atomic mass is 15.1. The number of nitrogens with zero attached hydrogens (tertiary/aromatic N) is 2. The normalized spacial score (nSPS) is 12.8. The predicted molar refractivity (Wildman–Crippen MR) is 261 cm³/mol. The van der Waals surface area contributed by atoms with Crippen LogP contribution in [0.1, 0.15) is 43.7 Å². The highest BCUT2D eigenvalue weighted by molar-refractivity contribution is 6.26. The van der Waals surface area contributed by atoms with E-state index in [0.717, 1.165) is 41.0 Å². The second-order valence-electron chi connectivity index (χ2n) is 17.2. The Morgan fingerprint density at radius 2 is 1.11 bits per heavy atom. The molecule has 0 N–H and O–H groups in total. The molecule has 1 heterocycles. The van der Waals surface area contributed by atoms with Crippen LogP contribution in [0.25, 0.3) is 116 Å². The first kappa shape index (κ1) is 35.6. The van der Waals surface area contributed by atoms with Gasteiger partial charge in [0.15, 0.2) is 0 Å². The summed E-state index contributed by atoms with van der Waals surface area (Å²) < 4.78 is 2.43. The Morgan fingerprint density at radius 3 is 1.93 bits per heavy atom. The largest absolute Gasteiger partial charge is 0.292 e. The molecule has 0 spiro atoms. The Morgan fingerprint density at radius 1 is 0.475 bits per heavy atom. The third-order valence-corrected chi connectivity index (χ3v) is 13.2. The number of rotatable bonds is 5. The van der Waals surface area contributed by atoms with Gasteiger partial charge in [-0.1, -0.05) is 166 Å². The predicted octanol–water partition coefficient (Wildman–Crippen LogP) is 14.6. The Bertz CT molecular complexity index is 3740. The third kappa shape index (κ3) is 5.52. The van der Waals surface area contributed by atoms with Crippen LogP contribution in [-0.4, -0.2) is 9.55 Å². The van der Waals surface area contributed by atoms with Gasteiger partial charge in [0, 0.05) is 22.0 Å². The van der Waals surface area contributed by atoms with Crippen LogP contribution in [0.3, 0.4) is 0 Å². The van der Waals surface area contributed by atoms with Gasteiger partial charge in [-0.15, -0.1) is 0 Å². The first-order valence-electron chi connectivity index (χ1n) is 21.7. The molecule has 0 saturated carbocycles. The molecule has 0 atom stereocenters. The Kier molecular flexibility index (Phi) is 8.12. The van der Waals surface area contributed by atoms with E-state index in [1.165, 1.54) is 97.7 Å². The van der Waals surface area contributed by atoms with Gasteiger partial charge in [0.25, 0.3) is 0 Å². The molecule has 290 valence electrons. The average molecular weight is 781 g/mol. The van der Waals surface area contributed by atoms with Crippen LogP contribution < -0.4 is 10.4 Å². The molecule has 0 bridgehead atoms. The summed E-state index contributed by atoms with van der Waals surface area (Å²) in [5, 5.41) is 15.1. The van der Waals surface area contributed by atoms with Crippen molar-refractivity contribution in [3.63, 3.8) is 0 Å². The van der Waals surface area contributed by atoms with Gasteiger partial charge in [-0.2, -0.15) is 0 Å². The number of aryl methyl sites for hydroxylation is 1. The Labute approximate surface area is 355 Å². The van der Waals surface area contributed by atoms with Gasteiger partial charge in [-0.3, -0.25) is 4.57 Å². The summed E-state index contributed by atoms with van der Waals surface area (Å²) >= 11 is 0. The zero-order valence-electron chi connectivity index (χ0n) is 34.7. The number of aromatic nitrogens is 2. The first-order valence-corrected chi connectivity index (χ1v) is 21.7. The van der Waals surface area contributed by atoms with Crippen molar-refractivity contribution in [3.05, 3.63) is 191 Å². The lowest BCUT2D eigenvalue weighted by molar-refractivity contribution is 0.877. The van der Waals surface area contributed by atoms with Crippen molar-refractivity contribution in [1.29, 1.82) is 0 Å². The molecule has 0 unspecified atom stereocenters. The summed E-state index contributed by atoms with van der Waals surface area (Å²) in [5.41, 5.74) is 12.0. The minimum Gasteiger partial charge on any atom is -0.292 e. The zero-order valence-corrected chi connectivity index (χ0v) is 34.7. The highest BCUT2D eigenvalue weighted by Crippen LogP contribution is 2.47. The van der Waals surface area contributed by atoms with Gasteiger partial charge < -0.3 is 0 Å². The van der Waals surface area contributed by atoms with Crippen LogP contribution in [0.15, 0.2) is 170 Å². The summed E-state index contributed by atoms with van der Waals surface area (Å²) in [6.45, 7) is 6.87. The van der Waals surface area contributed by atoms with Crippen LogP contribution in [0, 0.1) is 6.92 Å². The molecule has 0 amide bonds. The SMILES string of the molecule is Cc1cccc2c3nc(-c4ccc5c(-c6ccc7c(c6)=CCCC=7)c6ccccc6c(-c6ccc7ccccc7c6)c5c4)n(-c4ccccc4)c3c3cccc(C(C)C)c3c12. The number of fused-ring (bicyclic) bond motifs is 10. The first-order chi connectivity index (χ1) is 30.0. The van der Waals surface area contributed by atoms with E-state index in [1.54, 1.807) is 0 Å². The summed E-state index contributed by atoms with van der Waals surface area (Å²) in [4.78, 5) is 5.75. The van der Waals surface area contributed by atoms with Gasteiger partial charge in [-0.25, -0.2) is 4.98 Å². The average Bonchev–Trinajstić information content (AvgIpc) is 3.72. The number of hydrogen-bond donors (Lipinski definition) is 0. The van der Waals surface area contributed by atoms with E-state index in [1.807, 2.05) is 0 Å². The second-order valence-corrected chi connectivity index (χ2v) is 17.2. The molecule has 11 aromatic rings. The highest BCUT2D eigenvalue weighted by Gasteiger charge is 2.24. The van der Waals surface area contributed by atoms with Crippen LogP contribution >= 0.6 is 0 Å². The fourth-order valence-corrected chi connectivity index (χ4v) is 10.5. The van der Waals surface area contributed by atoms with Crippen molar-refractivity contribution in [1.82, 2.24) is 9.55 Å². The maximum absolute atomic E-state index is 5.75. The van der Waals surface area contributed by atoms with Gasteiger partial charge in [0.2, 0.25) is 0 Å². The molecule has 10 aromatic carbocycles. The Balaban J connectivity index is 1.24. The number of imidazole rings is 1. The quantitative estimate of drug-likeness (QED) is 0.126. The molecule has 0 radical (unpaired) electrons. The van der Waals surface area contributed by atoms with E-state index in [9.17, 15) is 0 Å². The lowest BCUT2D eigenvalue weighted by atomic mass is 9.84. The number of para-hydroxylation sites is 1. The molecule has 0 fully saturated rings. The smallest absolute Gasteiger partial charge is 0.145 e. The third-order valence-electron chi connectivity index (χ3n) is 13.2. The van der Waals surface area contributed by atoms with E-state index in [0.29, 0.717) is 5.92 Å². The second kappa shape index (κ2) is 13.9. The van der Waals surface area contributed by atoms with Crippen molar-refractivity contribution >= 4 is 77.0 Å². The van der Waals surface area contributed by atoms with Crippen LogP contribution in [0.2, 0.25) is 0 Å². The molecular weight excluding hydrogens is 737 g/mol. The number of hydrogen-bond acceptors (Lipinski definition) is 1. The van der Waals surface area contributed by atoms with Gasteiger partial charge >= 0.3 is 0 Å². The van der Waals surface area contributed by atoms with Crippen molar-refractivity contribution in [2.75, 3.05) is 0 Å². The van der Waals surface area contributed by atoms with Crippen molar-refractivity contribution < 1.29 is 0 Å². The molecule has 61 heavy (non-hydrogen) atoms. The molecule has 1 aliphatic carbocycles. The lowest BCUT2D eigenvalue weighted by Gasteiger charge is -2.19. The Hall–Kier alpha value is -7.29. The molecule has 2 heteroatoms. The summed E-state index contributed by atoms with van der Waals surface area (Å²) in [7, 11) is 0. The molecule has 0 saturated heterocycles. The van der Waals surface area contributed by atoms with E-state index in [4.69, 9.17) is 4.98 Å². The van der Waals surface area contributed by atoms with Gasteiger partial charge in [0.05, 0.1) is 11.0 Å². The fourth-order valence-electron chi connectivity index (χ4n) is 10.5. The minimum absolute atomic E-state index is 0.362. The van der Waals surface area contributed by atoms with Crippen LogP contribution in [0.4, 0.5) is 0 Å². The molecule has 2 nitrogen and oxygen atoms in total. The maximum Gasteiger partial charge on any atom is 0.145 e. The summed E-state index contributed by atoms with van der Waals surface area (Å²) in [6, 6.07) is 63.3. The van der Waals surface area contributed by atoms with Gasteiger partial charge in [0.1, 0.15) is 5.82 Å². The number of benzene rings is 10. The standard InChI is InChI=1S/C59H44N2/c1-36(2)46-24-14-26-51-56(46)53-37(3)15-13-25-50(53)57-58(51)61(45-20-5-4-6-21-45)59(60-57)44-31-32-49-52(35-44)55(43-30-28-39-17-8-10-19-41(39)34-43)48-23-12-11-22-47(48)54(49)42-29-27-38-16-7-9-18-40(38)33-42/h4-6,8,10-36H,7,9H2,1-3H3. The monoisotopic (exact) mass is 780 g/mol. The van der Waals surface area contributed by atoms with Crippen LogP contribution in [0.5, 0.6) is 0 Å². The van der Waals surface area contributed by atoms with Crippen molar-refractivity contribution in [2.24, 2.45) is 0 Å².